The van der Waals surface area contributed by atoms with Gasteiger partial charge in [-0.25, -0.2) is 14.2 Å². The Kier molecular flexibility index (Phi) is 8.37. The molecule has 0 amide bonds. The minimum atomic E-state index is -2.82. The zero-order valence-electron chi connectivity index (χ0n) is 20.8. The Labute approximate surface area is 211 Å². The van der Waals surface area contributed by atoms with Crippen molar-refractivity contribution in [1.29, 1.82) is 0 Å². The first-order valence-electron chi connectivity index (χ1n) is 11.3. The van der Waals surface area contributed by atoms with E-state index in [2.05, 4.69) is 5.92 Å². The standard InChI is InChI=1S/C28H28FNO5P/c1-7-28(19(5)31,36(33)34-6)27(32)35-26-23(22-14-13-21(29)15-18(22)4)16-24(30-25(26)17(2)3)20-11-9-8-10-12-20/h1,8-17,19,31H,2-6H3/q+1. The normalized spacial score (nSPS) is 14.0. The van der Waals surface area contributed by atoms with Crippen molar-refractivity contribution in [3.8, 4) is 40.5 Å². The monoisotopic (exact) mass is 508 g/mol. The van der Waals surface area contributed by atoms with Gasteiger partial charge in [0.15, 0.2) is 5.75 Å². The maximum atomic E-state index is 14.0. The van der Waals surface area contributed by atoms with Gasteiger partial charge in [0, 0.05) is 11.1 Å². The molecule has 186 valence electrons. The van der Waals surface area contributed by atoms with Gasteiger partial charge >= 0.3 is 19.2 Å². The van der Waals surface area contributed by atoms with E-state index in [1.54, 1.807) is 19.1 Å². The van der Waals surface area contributed by atoms with Gasteiger partial charge in [0.25, 0.3) is 0 Å². The molecule has 0 bridgehead atoms. The highest BCUT2D eigenvalue weighted by molar-refractivity contribution is 7.43. The zero-order chi connectivity index (χ0) is 26.6. The number of rotatable bonds is 8. The Bertz CT molecular complexity index is 1330. The van der Waals surface area contributed by atoms with E-state index in [1.807, 2.05) is 44.2 Å². The molecule has 3 unspecified atom stereocenters. The van der Waals surface area contributed by atoms with Crippen molar-refractivity contribution in [3.63, 3.8) is 0 Å². The summed E-state index contributed by atoms with van der Waals surface area (Å²) in [4.78, 5) is 18.3. The number of pyridine rings is 1. The number of aryl methyl sites for hydroxylation is 1. The van der Waals surface area contributed by atoms with Crippen LogP contribution < -0.4 is 4.74 Å². The van der Waals surface area contributed by atoms with Gasteiger partial charge in [-0.3, -0.25) is 0 Å². The third-order valence-electron chi connectivity index (χ3n) is 5.88. The Hall–Kier alpha value is -3.43. The van der Waals surface area contributed by atoms with Gasteiger partial charge in [0.1, 0.15) is 11.9 Å². The number of esters is 1. The molecule has 0 aliphatic heterocycles. The lowest BCUT2D eigenvalue weighted by atomic mass is 9.94. The third kappa shape index (κ3) is 5.08. The largest absolute Gasteiger partial charge is 0.542 e. The number of nitrogens with zero attached hydrogens (tertiary/aromatic N) is 1. The molecular weight excluding hydrogens is 480 g/mol. The van der Waals surface area contributed by atoms with Crippen molar-refractivity contribution in [2.24, 2.45) is 0 Å². The fourth-order valence-corrected chi connectivity index (χ4v) is 4.78. The van der Waals surface area contributed by atoms with Crippen LogP contribution in [0.25, 0.3) is 22.4 Å². The van der Waals surface area contributed by atoms with Crippen LogP contribution in [0.1, 0.15) is 37.9 Å². The van der Waals surface area contributed by atoms with E-state index < -0.39 is 31.1 Å². The highest BCUT2D eigenvalue weighted by Crippen LogP contribution is 2.45. The van der Waals surface area contributed by atoms with E-state index in [9.17, 15) is 18.9 Å². The van der Waals surface area contributed by atoms with Crippen LogP contribution in [0.4, 0.5) is 4.39 Å². The van der Waals surface area contributed by atoms with Crippen LogP contribution in [0.5, 0.6) is 5.75 Å². The maximum Gasteiger partial charge on any atom is 0.542 e. The summed E-state index contributed by atoms with van der Waals surface area (Å²) in [7, 11) is -1.70. The number of aliphatic hydroxyl groups is 1. The Morgan fingerprint density at radius 2 is 1.81 bits per heavy atom. The fourth-order valence-electron chi connectivity index (χ4n) is 3.88. The van der Waals surface area contributed by atoms with Gasteiger partial charge in [-0.2, -0.15) is 0 Å². The Morgan fingerprint density at radius 1 is 1.14 bits per heavy atom. The predicted molar refractivity (Wildman–Crippen MR) is 137 cm³/mol. The molecule has 36 heavy (non-hydrogen) atoms. The van der Waals surface area contributed by atoms with Crippen molar-refractivity contribution >= 4 is 14.0 Å². The van der Waals surface area contributed by atoms with Crippen LogP contribution in [-0.4, -0.2) is 34.4 Å². The molecule has 3 atom stereocenters. The van der Waals surface area contributed by atoms with Gasteiger partial charge in [0.2, 0.25) is 0 Å². The van der Waals surface area contributed by atoms with Crippen molar-refractivity contribution in [2.45, 2.75) is 44.9 Å². The van der Waals surface area contributed by atoms with Gasteiger partial charge < -0.3 is 9.84 Å². The molecule has 0 aliphatic carbocycles. The lowest BCUT2D eigenvalue weighted by Gasteiger charge is -2.22. The minimum Gasteiger partial charge on any atom is -0.419 e. The second kappa shape index (κ2) is 11.1. The van der Waals surface area contributed by atoms with Crippen LogP contribution in [-0.2, 0) is 13.9 Å². The average Bonchev–Trinajstić information content (AvgIpc) is 2.85. The van der Waals surface area contributed by atoms with Crippen LogP contribution in [0.3, 0.4) is 0 Å². The number of halogens is 1. The Balaban J connectivity index is 2.33. The van der Waals surface area contributed by atoms with Gasteiger partial charge in [-0.05, 0) is 59.6 Å². The molecule has 8 heteroatoms. The van der Waals surface area contributed by atoms with Gasteiger partial charge in [-0.1, -0.05) is 50.2 Å². The molecule has 1 heterocycles. The number of hydrogen-bond donors (Lipinski definition) is 1. The quantitative estimate of drug-likeness (QED) is 0.227. The number of terminal acetylenes is 1. The molecule has 3 aromatic rings. The minimum absolute atomic E-state index is 0.0872. The lowest BCUT2D eigenvalue weighted by molar-refractivity contribution is -0.138. The molecule has 0 spiro atoms. The molecule has 6 nitrogen and oxygen atoms in total. The topological polar surface area (TPSA) is 85.7 Å². The molecule has 1 aromatic heterocycles. The number of carbonyl (C=O) groups is 1. The summed E-state index contributed by atoms with van der Waals surface area (Å²) in [6.45, 7) is 6.76. The van der Waals surface area contributed by atoms with E-state index in [4.69, 9.17) is 20.7 Å². The molecule has 0 saturated heterocycles. The van der Waals surface area contributed by atoms with Crippen molar-refractivity contribution in [1.82, 2.24) is 4.98 Å². The third-order valence-corrected chi connectivity index (χ3v) is 7.47. The summed E-state index contributed by atoms with van der Waals surface area (Å²) in [6, 6.07) is 15.5. The molecule has 0 fully saturated rings. The number of carbonyl (C=O) groups excluding carboxylic acids is 1. The SMILES string of the molecule is C#CC(C(=O)Oc1c(-c2ccc(F)cc2C)cc(-c2ccccc2)nc1C(C)C)(C(C)O)[P+](=O)OC. The molecule has 1 N–H and O–H groups in total. The van der Waals surface area contributed by atoms with Crippen molar-refractivity contribution < 1.29 is 28.1 Å². The first kappa shape index (κ1) is 27.2. The second-order valence-electron chi connectivity index (χ2n) is 8.67. The summed E-state index contributed by atoms with van der Waals surface area (Å²) in [5.41, 5.74) is 3.59. The van der Waals surface area contributed by atoms with E-state index in [1.165, 1.54) is 19.1 Å². The number of benzene rings is 2. The number of ether oxygens (including phenoxy) is 1. The molecule has 0 radical (unpaired) electrons. The van der Waals surface area contributed by atoms with Crippen LogP contribution in [0.2, 0.25) is 0 Å². The smallest absolute Gasteiger partial charge is 0.419 e. The van der Waals surface area contributed by atoms with Crippen LogP contribution >= 0.6 is 8.03 Å². The van der Waals surface area contributed by atoms with E-state index >= 15 is 0 Å². The fraction of sp³-hybridized carbons (Fsp3) is 0.286. The predicted octanol–water partition coefficient (Wildman–Crippen LogP) is 6.03. The lowest BCUT2D eigenvalue weighted by Crippen LogP contribution is -2.46. The summed E-state index contributed by atoms with van der Waals surface area (Å²) < 4.78 is 37.4. The number of aliphatic hydroxyl groups excluding tert-OH is 1. The van der Waals surface area contributed by atoms with E-state index in [-0.39, 0.29) is 11.7 Å². The molecule has 0 saturated carbocycles. The first-order valence-corrected chi connectivity index (χ1v) is 12.5. The van der Waals surface area contributed by atoms with E-state index in [0.717, 1.165) is 12.7 Å². The van der Waals surface area contributed by atoms with Crippen molar-refractivity contribution in [2.75, 3.05) is 7.11 Å². The second-order valence-corrected chi connectivity index (χ2v) is 10.3. The molecule has 0 aliphatic rings. The first-order chi connectivity index (χ1) is 17.1. The molecule has 2 aromatic carbocycles. The number of aromatic nitrogens is 1. The molecular formula is C28H28FNO5P+. The number of hydrogen-bond acceptors (Lipinski definition) is 6. The summed E-state index contributed by atoms with van der Waals surface area (Å²) in [6.07, 6.45) is 4.06. The van der Waals surface area contributed by atoms with Crippen LogP contribution in [0.15, 0.2) is 54.6 Å². The van der Waals surface area contributed by atoms with Crippen LogP contribution in [0, 0.1) is 25.1 Å². The highest BCUT2D eigenvalue weighted by Gasteiger charge is 2.63. The van der Waals surface area contributed by atoms with Crippen molar-refractivity contribution in [3.05, 3.63) is 71.7 Å². The Morgan fingerprint density at radius 3 is 2.33 bits per heavy atom. The average molecular weight is 509 g/mol. The van der Waals surface area contributed by atoms with Gasteiger partial charge in [-0.15, -0.1) is 10.9 Å². The van der Waals surface area contributed by atoms with E-state index in [0.29, 0.717) is 28.1 Å². The summed E-state index contributed by atoms with van der Waals surface area (Å²) in [5.74, 6) is 0.505. The summed E-state index contributed by atoms with van der Waals surface area (Å²) in [5, 5.41) is 8.14. The maximum absolute atomic E-state index is 14.0. The summed E-state index contributed by atoms with van der Waals surface area (Å²) >= 11 is 0. The molecule has 3 rings (SSSR count). The highest BCUT2D eigenvalue weighted by atomic mass is 31.1. The zero-order valence-corrected chi connectivity index (χ0v) is 21.7. The van der Waals surface area contributed by atoms with Gasteiger partial charge in [0.05, 0.1) is 18.5 Å².